The van der Waals surface area contributed by atoms with Gasteiger partial charge in [-0.25, -0.2) is 4.98 Å². The van der Waals surface area contributed by atoms with E-state index in [4.69, 9.17) is 5.11 Å². The fourth-order valence-electron chi connectivity index (χ4n) is 2.21. The Bertz CT molecular complexity index is 396. The lowest BCUT2D eigenvalue weighted by atomic mass is 9.87. The molecule has 2 rings (SSSR count). The van der Waals surface area contributed by atoms with Crippen LogP contribution in [0.25, 0.3) is 0 Å². The van der Waals surface area contributed by atoms with Crippen LogP contribution in [-0.2, 0) is 18.3 Å². The van der Waals surface area contributed by atoms with E-state index >= 15 is 0 Å². The predicted molar refractivity (Wildman–Crippen MR) is 63.6 cm³/mol. The summed E-state index contributed by atoms with van der Waals surface area (Å²) in [7, 11) is 1.99. The summed E-state index contributed by atoms with van der Waals surface area (Å²) in [5.41, 5.74) is 0. The van der Waals surface area contributed by atoms with Crippen molar-refractivity contribution in [3.05, 3.63) is 18.2 Å². The molecule has 5 nitrogen and oxygen atoms in total. The number of aryl methyl sites for hydroxylation is 1. The molecular weight excluding hydrogens is 218 g/mol. The number of aliphatic carboxylic acids is 1. The summed E-state index contributed by atoms with van der Waals surface area (Å²) in [5.74, 6) is 0.492. The third-order valence-electron chi connectivity index (χ3n) is 3.65. The summed E-state index contributed by atoms with van der Waals surface area (Å²) in [6.07, 6.45) is 4.68. The minimum atomic E-state index is -0.682. The van der Waals surface area contributed by atoms with Gasteiger partial charge < -0.3 is 14.6 Å². The van der Waals surface area contributed by atoms with Crippen molar-refractivity contribution >= 4 is 5.97 Å². The van der Waals surface area contributed by atoms with Gasteiger partial charge in [0, 0.05) is 45.5 Å². The van der Waals surface area contributed by atoms with Crippen LogP contribution in [0.15, 0.2) is 12.4 Å². The second kappa shape index (κ2) is 4.87. The number of nitrogens with zero attached hydrogens (tertiary/aromatic N) is 3. The summed E-state index contributed by atoms with van der Waals surface area (Å²) >= 11 is 0. The van der Waals surface area contributed by atoms with Crippen molar-refractivity contribution < 1.29 is 9.90 Å². The van der Waals surface area contributed by atoms with Crippen LogP contribution < -0.4 is 0 Å². The van der Waals surface area contributed by atoms with Crippen LogP contribution in [0.4, 0.5) is 0 Å². The van der Waals surface area contributed by atoms with Gasteiger partial charge in [-0.3, -0.25) is 4.79 Å². The Morgan fingerprint density at radius 1 is 1.65 bits per heavy atom. The van der Waals surface area contributed by atoms with Crippen molar-refractivity contribution in [2.45, 2.75) is 13.3 Å². The van der Waals surface area contributed by atoms with Crippen LogP contribution >= 0.6 is 0 Å². The summed E-state index contributed by atoms with van der Waals surface area (Å²) in [5, 5.41) is 8.89. The standard InChI is InChI=1S/C12H19N3O2/c1-9(12(16)17)10-7-15(8-10)5-3-11-13-4-6-14(11)2/h4,6,9-10H,3,5,7-8H2,1-2H3,(H,16,17). The molecule has 0 radical (unpaired) electrons. The Kier molecular flexibility index (Phi) is 3.47. The number of aromatic nitrogens is 2. The summed E-state index contributed by atoms with van der Waals surface area (Å²) in [4.78, 5) is 17.4. The fraction of sp³-hybridized carbons (Fsp3) is 0.667. The zero-order chi connectivity index (χ0) is 12.4. The number of hydrogen-bond acceptors (Lipinski definition) is 3. The largest absolute Gasteiger partial charge is 0.481 e. The molecule has 94 valence electrons. The third kappa shape index (κ3) is 2.66. The second-order valence-corrected chi connectivity index (χ2v) is 4.85. The lowest BCUT2D eigenvalue weighted by molar-refractivity contribution is -0.145. The lowest BCUT2D eigenvalue weighted by Crippen LogP contribution is -2.51. The van der Waals surface area contributed by atoms with E-state index in [9.17, 15) is 4.79 Å². The van der Waals surface area contributed by atoms with E-state index in [0.717, 1.165) is 31.9 Å². The van der Waals surface area contributed by atoms with Crippen molar-refractivity contribution in [1.82, 2.24) is 14.5 Å². The maximum atomic E-state index is 10.8. The zero-order valence-electron chi connectivity index (χ0n) is 10.3. The van der Waals surface area contributed by atoms with Crippen molar-refractivity contribution in [3.8, 4) is 0 Å². The average molecular weight is 237 g/mol. The molecule has 1 aliphatic heterocycles. The molecule has 1 unspecified atom stereocenters. The van der Waals surface area contributed by atoms with E-state index in [2.05, 4.69) is 9.88 Å². The molecule has 1 atom stereocenters. The first kappa shape index (κ1) is 12.1. The Labute approximate surface area is 101 Å². The maximum absolute atomic E-state index is 10.8. The monoisotopic (exact) mass is 237 g/mol. The van der Waals surface area contributed by atoms with Gasteiger partial charge in [-0.05, 0) is 5.92 Å². The summed E-state index contributed by atoms with van der Waals surface area (Å²) in [6.45, 7) is 4.56. The maximum Gasteiger partial charge on any atom is 0.306 e. The lowest BCUT2D eigenvalue weighted by Gasteiger charge is -2.41. The highest BCUT2D eigenvalue weighted by Crippen LogP contribution is 2.23. The van der Waals surface area contributed by atoms with Crippen molar-refractivity contribution in [1.29, 1.82) is 0 Å². The van der Waals surface area contributed by atoms with Crippen LogP contribution in [0, 0.1) is 11.8 Å². The average Bonchev–Trinajstić information content (AvgIpc) is 2.61. The van der Waals surface area contributed by atoms with Gasteiger partial charge in [-0.2, -0.15) is 0 Å². The molecule has 0 spiro atoms. The van der Waals surface area contributed by atoms with Crippen LogP contribution in [0.1, 0.15) is 12.7 Å². The van der Waals surface area contributed by atoms with Gasteiger partial charge in [-0.15, -0.1) is 0 Å². The highest BCUT2D eigenvalue weighted by molar-refractivity contribution is 5.70. The molecule has 2 heterocycles. The minimum Gasteiger partial charge on any atom is -0.481 e. The Hall–Kier alpha value is -1.36. The van der Waals surface area contributed by atoms with Crippen molar-refractivity contribution in [2.75, 3.05) is 19.6 Å². The molecule has 0 aromatic carbocycles. The summed E-state index contributed by atoms with van der Waals surface area (Å²) in [6, 6.07) is 0. The Morgan fingerprint density at radius 3 is 2.88 bits per heavy atom. The number of imidazole rings is 1. The number of hydrogen-bond donors (Lipinski definition) is 1. The number of rotatable bonds is 5. The first-order valence-corrected chi connectivity index (χ1v) is 5.99. The number of carbonyl (C=O) groups is 1. The molecule has 5 heteroatoms. The number of likely N-dealkylation sites (tertiary alicyclic amines) is 1. The summed E-state index contributed by atoms with van der Waals surface area (Å²) < 4.78 is 2.02. The number of carboxylic acid groups (broad SMARTS) is 1. The van der Waals surface area contributed by atoms with Crippen LogP contribution in [-0.4, -0.2) is 45.2 Å². The van der Waals surface area contributed by atoms with E-state index in [-0.39, 0.29) is 5.92 Å². The quantitative estimate of drug-likeness (QED) is 0.815. The van der Waals surface area contributed by atoms with Crippen LogP contribution in [0.5, 0.6) is 0 Å². The van der Waals surface area contributed by atoms with E-state index in [1.54, 1.807) is 13.1 Å². The SMILES string of the molecule is CC(C(=O)O)C1CN(CCc2nccn2C)C1. The van der Waals surface area contributed by atoms with Crippen molar-refractivity contribution in [3.63, 3.8) is 0 Å². The fourth-order valence-corrected chi connectivity index (χ4v) is 2.21. The molecule has 0 saturated carbocycles. The number of carboxylic acids is 1. The normalized spacial score (nSPS) is 18.9. The van der Waals surface area contributed by atoms with Gasteiger partial charge in [0.15, 0.2) is 0 Å². The van der Waals surface area contributed by atoms with E-state index in [1.807, 2.05) is 17.8 Å². The third-order valence-corrected chi connectivity index (χ3v) is 3.65. The smallest absolute Gasteiger partial charge is 0.306 e. The topological polar surface area (TPSA) is 58.4 Å². The van der Waals surface area contributed by atoms with Gasteiger partial charge >= 0.3 is 5.97 Å². The molecule has 0 aliphatic carbocycles. The van der Waals surface area contributed by atoms with Crippen LogP contribution in [0.3, 0.4) is 0 Å². The predicted octanol–water partition coefficient (Wildman–Crippen LogP) is 0.615. The molecule has 1 N–H and O–H groups in total. The van der Waals surface area contributed by atoms with E-state index in [1.165, 1.54) is 0 Å². The van der Waals surface area contributed by atoms with Crippen molar-refractivity contribution in [2.24, 2.45) is 18.9 Å². The zero-order valence-corrected chi connectivity index (χ0v) is 10.3. The van der Waals surface area contributed by atoms with E-state index in [0.29, 0.717) is 5.92 Å². The first-order valence-electron chi connectivity index (χ1n) is 5.99. The van der Waals surface area contributed by atoms with Gasteiger partial charge in [-0.1, -0.05) is 6.92 Å². The Morgan fingerprint density at radius 2 is 2.35 bits per heavy atom. The molecule has 17 heavy (non-hydrogen) atoms. The van der Waals surface area contributed by atoms with Gasteiger partial charge in [0.25, 0.3) is 0 Å². The van der Waals surface area contributed by atoms with Gasteiger partial charge in [0.2, 0.25) is 0 Å². The van der Waals surface area contributed by atoms with E-state index < -0.39 is 5.97 Å². The molecule has 1 saturated heterocycles. The van der Waals surface area contributed by atoms with Gasteiger partial charge in [0.1, 0.15) is 5.82 Å². The Balaban J connectivity index is 1.71. The van der Waals surface area contributed by atoms with Crippen LogP contribution in [0.2, 0.25) is 0 Å². The molecule has 1 aromatic heterocycles. The minimum absolute atomic E-state index is 0.223. The second-order valence-electron chi connectivity index (χ2n) is 4.85. The molecule has 0 bridgehead atoms. The van der Waals surface area contributed by atoms with Gasteiger partial charge in [0.05, 0.1) is 5.92 Å². The molecule has 1 aromatic rings. The molecule has 1 aliphatic rings. The first-order chi connectivity index (χ1) is 8.08. The molecular formula is C12H19N3O2. The molecule has 0 amide bonds. The molecule has 1 fully saturated rings. The highest BCUT2D eigenvalue weighted by Gasteiger charge is 2.34. The highest BCUT2D eigenvalue weighted by atomic mass is 16.4.